The molecule has 4 rings (SSSR count). The molecular weight excluding hydrogens is 326 g/mol. The highest BCUT2D eigenvalue weighted by molar-refractivity contribution is 5.92. The van der Waals surface area contributed by atoms with Gasteiger partial charge in [-0.05, 0) is 29.8 Å². The Bertz CT molecular complexity index is 861. The third-order valence-corrected chi connectivity index (χ3v) is 4.91. The van der Waals surface area contributed by atoms with Crippen LogP contribution < -0.4 is 5.73 Å². The number of nitrogens with zero attached hydrogens (tertiary/aromatic N) is 4. The van der Waals surface area contributed by atoms with E-state index in [4.69, 9.17) is 5.73 Å². The molecule has 1 saturated heterocycles. The fraction of sp³-hybridized carbons (Fsp3) is 0.300. The number of aromatic nitrogens is 2. The Morgan fingerprint density at radius 2 is 1.65 bits per heavy atom. The van der Waals surface area contributed by atoms with Crippen LogP contribution in [0.15, 0.2) is 54.9 Å². The lowest BCUT2D eigenvalue weighted by atomic mass is 10.1. The van der Waals surface area contributed by atoms with Gasteiger partial charge in [0.15, 0.2) is 0 Å². The van der Waals surface area contributed by atoms with Crippen LogP contribution in [0.2, 0.25) is 0 Å². The van der Waals surface area contributed by atoms with Crippen LogP contribution in [-0.2, 0) is 13.1 Å². The molecule has 1 fully saturated rings. The first kappa shape index (κ1) is 16.8. The van der Waals surface area contributed by atoms with Gasteiger partial charge in [-0.2, -0.15) is 0 Å². The molecule has 6 heteroatoms. The molecule has 0 atom stereocenters. The van der Waals surface area contributed by atoms with Crippen molar-refractivity contribution in [2.45, 2.75) is 13.1 Å². The van der Waals surface area contributed by atoms with Crippen molar-refractivity contribution in [1.82, 2.24) is 19.2 Å². The minimum Gasteiger partial charge on any atom is -0.366 e. The number of primary amides is 1. The molecule has 1 aliphatic heterocycles. The molecule has 2 aromatic heterocycles. The zero-order valence-electron chi connectivity index (χ0n) is 14.7. The number of amides is 1. The van der Waals surface area contributed by atoms with E-state index in [1.165, 1.54) is 5.56 Å². The van der Waals surface area contributed by atoms with E-state index >= 15 is 0 Å². The van der Waals surface area contributed by atoms with Crippen molar-refractivity contribution < 1.29 is 4.79 Å². The molecule has 0 spiro atoms. The number of hydrogen-bond acceptors (Lipinski definition) is 4. The number of piperazine rings is 1. The summed E-state index contributed by atoms with van der Waals surface area (Å²) in [5, 5.41) is 0. The van der Waals surface area contributed by atoms with Crippen LogP contribution >= 0.6 is 0 Å². The number of carbonyl (C=O) groups excluding carboxylic acids is 1. The molecule has 2 N–H and O–H groups in total. The molecule has 0 radical (unpaired) electrons. The lowest BCUT2D eigenvalue weighted by Crippen LogP contribution is -2.45. The van der Waals surface area contributed by atoms with E-state index in [-0.39, 0.29) is 5.91 Å². The van der Waals surface area contributed by atoms with Crippen molar-refractivity contribution in [3.05, 3.63) is 71.7 Å². The molecule has 3 aromatic rings. The number of pyridine rings is 1. The second-order valence-electron chi connectivity index (χ2n) is 6.81. The number of nitrogens with two attached hydrogens (primary N) is 1. The molecule has 0 unspecified atom stereocenters. The Hall–Kier alpha value is -2.70. The van der Waals surface area contributed by atoms with Crippen molar-refractivity contribution in [2.24, 2.45) is 5.73 Å². The quantitative estimate of drug-likeness (QED) is 0.762. The summed E-state index contributed by atoms with van der Waals surface area (Å²) in [7, 11) is 0. The minimum atomic E-state index is -0.378. The normalized spacial score (nSPS) is 16.2. The van der Waals surface area contributed by atoms with Crippen molar-refractivity contribution >= 4 is 11.6 Å². The first-order valence-electron chi connectivity index (χ1n) is 8.93. The average Bonchev–Trinajstić information content (AvgIpc) is 3.06. The number of benzene rings is 1. The van der Waals surface area contributed by atoms with Gasteiger partial charge in [0.1, 0.15) is 5.65 Å². The molecule has 26 heavy (non-hydrogen) atoms. The van der Waals surface area contributed by atoms with Crippen molar-refractivity contribution in [3.63, 3.8) is 0 Å². The van der Waals surface area contributed by atoms with Gasteiger partial charge in [-0.1, -0.05) is 18.2 Å². The summed E-state index contributed by atoms with van der Waals surface area (Å²) in [5.74, 6) is -0.378. The Balaban J connectivity index is 1.30. The van der Waals surface area contributed by atoms with Gasteiger partial charge in [0.2, 0.25) is 5.91 Å². The predicted molar refractivity (Wildman–Crippen MR) is 101 cm³/mol. The highest BCUT2D eigenvalue weighted by Gasteiger charge is 2.18. The second-order valence-corrected chi connectivity index (χ2v) is 6.81. The highest BCUT2D eigenvalue weighted by Crippen LogP contribution is 2.13. The largest absolute Gasteiger partial charge is 0.366 e. The number of carbonyl (C=O) groups is 1. The predicted octanol–water partition coefficient (Wildman–Crippen LogP) is 1.75. The fourth-order valence-corrected chi connectivity index (χ4v) is 3.43. The highest BCUT2D eigenvalue weighted by atomic mass is 16.1. The van der Waals surface area contributed by atoms with Gasteiger partial charge in [0, 0.05) is 57.2 Å². The lowest BCUT2D eigenvalue weighted by Gasteiger charge is -2.34. The van der Waals surface area contributed by atoms with Crippen LogP contribution in [0.1, 0.15) is 21.6 Å². The number of rotatable bonds is 5. The van der Waals surface area contributed by atoms with Crippen LogP contribution in [0.25, 0.3) is 5.65 Å². The monoisotopic (exact) mass is 349 g/mol. The van der Waals surface area contributed by atoms with Gasteiger partial charge in [-0.15, -0.1) is 0 Å². The summed E-state index contributed by atoms with van der Waals surface area (Å²) in [6, 6.07) is 13.7. The topological polar surface area (TPSA) is 66.9 Å². The van der Waals surface area contributed by atoms with Crippen LogP contribution in [0.4, 0.5) is 0 Å². The van der Waals surface area contributed by atoms with Crippen LogP contribution in [0.5, 0.6) is 0 Å². The first-order chi connectivity index (χ1) is 12.7. The molecule has 1 amide bonds. The zero-order chi connectivity index (χ0) is 17.9. The van der Waals surface area contributed by atoms with Crippen molar-refractivity contribution in [3.8, 4) is 0 Å². The molecule has 1 aromatic carbocycles. The van der Waals surface area contributed by atoms with Gasteiger partial charge < -0.3 is 10.1 Å². The molecule has 3 heterocycles. The molecular formula is C20H23N5O. The van der Waals surface area contributed by atoms with E-state index in [0.29, 0.717) is 5.56 Å². The Morgan fingerprint density at radius 1 is 0.962 bits per heavy atom. The lowest BCUT2D eigenvalue weighted by molar-refractivity contribution is 0.1000. The maximum atomic E-state index is 11.1. The summed E-state index contributed by atoms with van der Waals surface area (Å²) in [5.41, 5.74) is 9.18. The van der Waals surface area contributed by atoms with Crippen molar-refractivity contribution in [1.29, 1.82) is 0 Å². The van der Waals surface area contributed by atoms with Crippen LogP contribution in [0, 0.1) is 0 Å². The van der Waals surface area contributed by atoms with Crippen LogP contribution in [0.3, 0.4) is 0 Å². The Kier molecular flexibility index (Phi) is 4.69. The molecule has 0 bridgehead atoms. The molecule has 0 aliphatic carbocycles. The van der Waals surface area contributed by atoms with E-state index < -0.39 is 0 Å². The van der Waals surface area contributed by atoms with E-state index in [9.17, 15) is 4.79 Å². The molecule has 1 aliphatic rings. The summed E-state index contributed by atoms with van der Waals surface area (Å²) in [6.07, 6.45) is 4.15. The smallest absolute Gasteiger partial charge is 0.248 e. The zero-order valence-corrected chi connectivity index (χ0v) is 14.7. The third kappa shape index (κ3) is 3.76. The summed E-state index contributed by atoms with van der Waals surface area (Å²) in [4.78, 5) is 20.7. The van der Waals surface area contributed by atoms with E-state index in [1.54, 1.807) is 12.1 Å². The Labute approximate surface area is 152 Å². The van der Waals surface area contributed by atoms with Crippen molar-refractivity contribution in [2.75, 3.05) is 26.2 Å². The number of hydrogen-bond donors (Lipinski definition) is 1. The second kappa shape index (κ2) is 7.27. The van der Waals surface area contributed by atoms with Crippen LogP contribution in [-0.4, -0.2) is 51.3 Å². The maximum Gasteiger partial charge on any atom is 0.248 e. The Morgan fingerprint density at radius 3 is 2.31 bits per heavy atom. The minimum absolute atomic E-state index is 0.378. The number of imidazole rings is 1. The standard InChI is InChI=1S/C20H23N5O/c21-20(26)17-6-4-16(5-7-17)13-23-9-11-24(12-10-23)14-18-15-25-8-2-1-3-19(25)22-18/h1-8,15H,9-14H2,(H2,21,26). The van der Waals surface area contributed by atoms with E-state index in [1.807, 2.05) is 36.5 Å². The maximum absolute atomic E-state index is 11.1. The fourth-order valence-electron chi connectivity index (χ4n) is 3.43. The van der Waals surface area contributed by atoms with Gasteiger partial charge in [-0.25, -0.2) is 4.98 Å². The third-order valence-electron chi connectivity index (χ3n) is 4.91. The summed E-state index contributed by atoms with van der Waals surface area (Å²) in [6.45, 7) is 5.93. The SMILES string of the molecule is NC(=O)c1ccc(CN2CCN(Cc3cn4ccccc4n3)CC2)cc1. The first-order valence-corrected chi connectivity index (χ1v) is 8.93. The summed E-state index contributed by atoms with van der Waals surface area (Å²) < 4.78 is 2.07. The molecule has 0 saturated carbocycles. The van der Waals surface area contributed by atoms with E-state index in [0.717, 1.165) is 50.6 Å². The summed E-state index contributed by atoms with van der Waals surface area (Å²) >= 11 is 0. The molecule has 6 nitrogen and oxygen atoms in total. The van der Waals surface area contributed by atoms with Gasteiger partial charge in [0.25, 0.3) is 0 Å². The molecule has 134 valence electrons. The van der Waals surface area contributed by atoms with E-state index in [2.05, 4.69) is 25.4 Å². The van der Waals surface area contributed by atoms with Gasteiger partial charge >= 0.3 is 0 Å². The van der Waals surface area contributed by atoms with Gasteiger partial charge in [-0.3, -0.25) is 14.6 Å². The number of fused-ring (bicyclic) bond motifs is 1. The van der Waals surface area contributed by atoms with Gasteiger partial charge in [0.05, 0.1) is 5.69 Å². The average molecular weight is 349 g/mol.